The van der Waals surface area contributed by atoms with Gasteiger partial charge in [0.2, 0.25) is 0 Å². The highest BCUT2D eigenvalue weighted by atomic mass is 35.5. The van der Waals surface area contributed by atoms with E-state index in [1.54, 1.807) is 19.1 Å². The van der Waals surface area contributed by atoms with Crippen LogP contribution in [0, 0.1) is 17.6 Å². The first kappa shape index (κ1) is 19.2. The Bertz CT molecular complexity index is 886. The van der Waals surface area contributed by atoms with Crippen LogP contribution in [-0.2, 0) is 14.3 Å². The molecule has 27 heavy (non-hydrogen) atoms. The lowest BCUT2D eigenvalue weighted by Gasteiger charge is -2.30. The number of hydrogen-bond acceptors (Lipinski definition) is 3. The molecule has 0 saturated heterocycles. The van der Waals surface area contributed by atoms with Gasteiger partial charge in [-0.15, -0.1) is 0 Å². The average Bonchev–Trinajstić information content (AvgIpc) is 2.62. The first-order chi connectivity index (χ1) is 12.9. The van der Waals surface area contributed by atoms with Crippen molar-refractivity contribution in [3.8, 4) is 0 Å². The number of allylic oxidation sites excluding steroid dienone is 2. The highest BCUT2D eigenvalue weighted by Crippen LogP contribution is 2.43. The number of carbonyl (C=O) groups is 2. The summed E-state index contributed by atoms with van der Waals surface area (Å²) in [7, 11) is 0. The molecule has 0 saturated carbocycles. The second-order valence-electron chi connectivity index (χ2n) is 6.25. The van der Waals surface area contributed by atoms with E-state index in [1.165, 1.54) is 36.4 Å². The molecule has 0 aliphatic heterocycles. The summed E-state index contributed by atoms with van der Waals surface area (Å²) in [6.07, 6.45) is 1.54. The molecule has 6 heteroatoms. The van der Waals surface area contributed by atoms with Crippen LogP contribution in [0.3, 0.4) is 0 Å². The van der Waals surface area contributed by atoms with Gasteiger partial charge in [-0.05, 0) is 54.8 Å². The zero-order chi connectivity index (χ0) is 19.6. The van der Waals surface area contributed by atoms with Gasteiger partial charge in [0.15, 0.2) is 5.78 Å². The predicted octanol–water partition coefficient (Wildman–Crippen LogP) is 4.94. The molecule has 0 N–H and O–H groups in total. The lowest BCUT2D eigenvalue weighted by molar-refractivity contribution is -0.151. The summed E-state index contributed by atoms with van der Waals surface area (Å²) < 4.78 is 32.8. The fourth-order valence-corrected chi connectivity index (χ4v) is 3.69. The van der Waals surface area contributed by atoms with Gasteiger partial charge in [-0.3, -0.25) is 9.59 Å². The number of carbonyl (C=O) groups excluding carboxylic acids is 2. The van der Waals surface area contributed by atoms with Crippen molar-refractivity contribution in [1.82, 2.24) is 0 Å². The van der Waals surface area contributed by atoms with Gasteiger partial charge in [-0.1, -0.05) is 29.8 Å². The summed E-state index contributed by atoms with van der Waals surface area (Å²) in [4.78, 5) is 25.2. The maximum absolute atomic E-state index is 14.6. The molecule has 2 atom stereocenters. The normalized spacial score (nSPS) is 19.6. The summed E-state index contributed by atoms with van der Waals surface area (Å²) in [5, 5.41) is 0.141. The minimum Gasteiger partial charge on any atom is -0.465 e. The highest BCUT2D eigenvalue weighted by Gasteiger charge is 2.41. The van der Waals surface area contributed by atoms with Crippen molar-refractivity contribution >= 4 is 28.9 Å². The summed E-state index contributed by atoms with van der Waals surface area (Å²) in [6, 6.07) is 9.86. The fourth-order valence-electron chi connectivity index (χ4n) is 3.38. The Morgan fingerprint density at radius 2 is 1.89 bits per heavy atom. The number of hydrogen-bond donors (Lipinski definition) is 0. The van der Waals surface area contributed by atoms with Gasteiger partial charge in [0.25, 0.3) is 0 Å². The van der Waals surface area contributed by atoms with Gasteiger partial charge in [0.1, 0.15) is 17.6 Å². The van der Waals surface area contributed by atoms with E-state index >= 15 is 0 Å². The van der Waals surface area contributed by atoms with Gasteiger partial charge in [0.05, 0.1) is 6.61 Å². The molecular weight excluding hydrogens is 374 g/mol. The van der Waals surface area contributed by atoms with Crippen LogP contribution in [0.4, 0.5) is 8.78 Å². The number of esters is 1. The van der Waals surface area contributed by atoms with Crippen LogP contribution in [0.25, 0.3) is 5.57 Å². The third kappa shape index (κ3) is 3.93. The monoisotopic (exact) mass is 390 g/mol. The lowest BCUT2D eigenvalue weighted by atomic mass is 9.73. The Balaban J connectivity index is 2.09. The Kier molecular flexibility index (Phi) is 5.71. The van der Waals surface area contributed by atoms with E-state index in [0.717, 1.165) is 0 Å². The Morgan fingerprint density at radius 3 is 2.52 bits per heavy atom. The zero-order valence-electron chi connectivity index (χ0n) is 14.5. The molecule has 0 aromatic heterocycles. The van der Waals surface area contributed by atoms with Gasteiger partial charge in [-0.25, -0.2) is 8.78 Å². The zero-order valence-corrected chi connectivity index (χ0v) is 15.3. The molecule has 0 radical (unpaired) electrons. The molecule has 0 amide bonds. The smallest absolute Gasteiger partial charge is 0.317 e. The van der Waals surface area contributed by atoms with E-state index in [-0.39, 0.29) is 23.6 Å². The van der Waals surface area contributed by atoms with E-state index in [0.29, 0.717) is 11.1 Å². The van der Waals surface area contributed by atoms with E-state index in [4.69, 9.17) is 16.3 Å². The highest BCUT2D eigenvalue weighted by molar-refractivity contribution is 6.31. The van der Waals surface area contributed by atoms with Crippen molar-refractivity contribution in [3.63, 3.8) is 0 Å². The lowest BCUT2D eigenvalue weighted by Crippen LogP contribution is -2.34. The summed E-state index contributed by atoms with van der Waals surface area (Å²) in [5.41, 5.74) is 1.33. The van der Waals surface area contributed by atoms with Gasteiger partial charge in [0, 0.05) is 16.5 Å². The minimum absolute atomic E-state index is 0.106. The van der Waals surface area contributed by atoms with E-state index in [9.17, 15) is 18.4 Å². The Morgan fingerprint density at radius 1 is 1.19 bits per heavy atom. The van der Waals surface area contributed by atoms with Gasteiger partial charge < -0.3 is 4.74 Å². The van der Waals surface area contributed by atoms with Crippen LogP contribution in [-0.4, -0.2) is 18.4 Å². The molecule has 0 bridgehead atoms. The summed E-state index contributed by atoms with van der Waals surface area (Å²) in [6.45, 7) is 1.74. The molecule has 0 spiro atoms. The molecule has 2 aromatic rings. The van der Waals surface area contributed by atoms with Crippen LogP contribution in [0.2, 0.25) is 5.02 Å². The van der Waals surface area contributed by atoms with Gasteiger partial charge in [-0.2, -0.15) is 0 Å². The number of benzene rings is 2. The second kappa shape index (κ2) is 8.01. The predicted molar refractivity (Wildman–Crippen MR) is 98.3 cm³/mol. The van der Waals surface area contributed by atoms with Crippen molar-refractivity contribution < 1.29 is 23.1 Å². The Hall–Kier alpha value is -2.53. The van der Waals surface area contributed by atoms with Crippen molar-refractivity contribution in [1.29, 1.82) is 0 Å². The summed E-state index contributed by atoms with van der Waals surface area (Å²) in [5.74, 6) is -4.17. The molecular formula is C21H17ClF2O3. The van der Waals surface area contributed by atoms with Crippen LogP contribution in [0.5, 0.6) is 0 Å². The number of rotatable bonds is 4. The van der Waals surface area contributed by atoms with Crippen LogP contribution >= 0.6 is 11.6 Å². The maximum atomic E-state index is 14.6. The van der Waals surface area contributed by atoms with E-state index in [1.807, 2.05) is 0 Å². The third-order valence-corrected chi connectivity index (χ3v) is 4.92. The number of ether oxygens (including phenoxy) is 1. The molecule has 3 rings (SSSR count). The number of halogens is 3. The van der Waals surface area contributed by atoms with Gasteiger partial charge >= 0.3 is 5.97 Å². The second-order valence-corrected chi connectivity index (χ2v) is 6.66. The molecule has 0 fully saturated rings. The molecule has 3 nitrogen and oxygen atoms in total. The number of ketones is 1. The third-order valence-electron chi connectivity index (χ3n) is 4.59. The van der Waals surface area contributed by atoms with Crippen molar-refractivity contribution in [2.45, 2.75) is 19.3 Å². The molecule has 2 unspecified atom stereocenters. The van der Waals surface area contributed by atoms with Crippen LogP contribution in [0.15, 0.2) is 48.5 Å². The van der Waals surface area contributed by atoms with Crippen LogP contribution in [0.1, 0.15) is 30.4 Å². The first-order valence-electron chi connectivity index (χ1n) is 8.53. The SMILES string of the molecule is CCOC(=O)C1C(=O)C=C(c2ccc(F)cc2)CC1c1c(F)cccc1Cl. The molecule has 0 heterocycles. The van der Waals surface area contributed by atoms with E-state index < -0.39 is 35.2 Å². The molecule has 140 valence electrons. The topological polar surface area (TPSA) is 43.4 Å². The standard InChI is InChI=1S/C21H17ClF2O3/c1-2-27-21(26)20-15(19-16(22)4-3-5-17(19)24)10-13(11-18(20)25)12-6-8-14(23)9-7-12/h3-9,11,15,20H,2,10H2,1H3. The van der Waals surface area contributed by atoms with E-state index in [2.05, 4.69) is 0 Å². The van der Waals surface area contributed by atoms with Crippen molar-refractivity contribution in [3.05, 3.63) is 76.3 Å². The largest absolute Gasteiger partial charge is 0.465 e. The summed E-state index contributed by atoms with van der Waals surface area (Å²) >= 11 is 6.20. The molecule has 1 aliphatic rings. The average molecular weight is 391 g/mol. The maximum Gasteiger partial charge on any atom is 0.317 e. The first-order valence-corrected chi connectivity index (χ1v) is 8.91. The minimum atomic E-state index is -1.18. The van der Waals surface area contributed by atoms with Crippen molar-refractivity contribution in [2.24, 2.45) is 5.92 Å². The van der Waals surface area contributed by atoms with Crippen LogP contribution < -0.4 is 0 Å². The quantitative estimate of drug-likeness (QED) is 0.548. The molecule has 1 aliphatic carbocycles. The fraction of sp³-hybridized carbons (Fsp3) is 0.238. The molecule has 2 aromatic carbocycles. The van der Waals surface area contributed by atoms with Crippen molar-refractivity contribution in [2.75, 3.05) is 6.61 Å². The Labute approximate surface area is 160 Å².